The number of aliphatic hydroxyl groups excluding tert-OH is 15. The summed E-state index contributed by atoms with van der Waals surface area (Å²) >= 11 is 0. The minimum atomic E-state index is -2.18. The van der Waals surface area contributed by atoms with Crippen LogP contribution < -0.4 is 10.6 Å². The van der Waals surface area contributed by atoms with Crippen molar-refractivity contribution in [3.8, 4) is 0 Å². The minimum absolute atomic E-state index is 0.809. The predicted octanol–water partition coefficient (Wildman–Crippen LogP) is -11.6. The molecule has 5 aliphatic rings. The number of ether oxygens (including phenoxy) is 9. The van der Waals surface area contributed by atoms with Crippen molar-refractivity contribution >= 4 is 11.8 Å². The highest BCUT2D eigenvalue weighted by Crippen LogP contribution is 2.36. The van der Waals surface area contributed by atoms with Crippen LogP contribution in [-0.2, 0) is 52.2 Å². The Kier molecular flexibility index (Phi) is 18.1. The van der Waals surface area contributed by atoms with Crippen molar-refractivity contribution in [2.75, 3.05) is 33.0 Å². The van der Waals surface area contributed by atoms with E-state index in [0.717, 1.165) is 13.8 Å². The van der Waals surface area contributed by atoms with Crippen LogP contribution in [0.3, 0.4) is 0 Å². The second-order valence-electron chi connectivity index (χ2n) is 15.4. The summed E-state index contributed by atoms with van der Waals surface area (Å²) in [5.74, 6) is -1.62. The number of rotatable bonds is 15. The van der Waals surface area contributed by atoms with Gasteiger partial charge in [-0.25, -0.2) is 0 Å². The summed E-state index contributed by atoms with van der Waals surface area (Å²) < 4.78 is 51.1. The summed E-state index contributed by atoms with van der Waals surface area (Å²) in [6.45, 7) is -2.59. The van der Waals surface area contributed by atoms with E-state index in [1.54, 1.807) is 0 Å². The highest BCUT2D eigenvalue weighted by molar-refractivity contribution is 5.73. The molecule has 360 valence electrons. The van der Waals surface area contributed by atoms with Crippen LogP contribution in [0.1, 0.15) is 13.8 Å². The highest BCUT2D eigenvalue weighted by atomic mass is 16.8. The molecule has 62 heavy (non-hydrogen) atoms. The van der Waals surface area contributed by atoms with Crippen LogP contribution in [0.15, 0.2) is 0 Å². The first-order valence-corrected chi connectivity index (χ1v) is 19.6. The van der Waals surface area contributed by atoms with E-state index in [1.807, 2.05) is 0 Å². The molecule has 0 bridgehead atoms. The summed E-state index contributed by atoms with van der Waals surface area (Å²) in [7, 11) is 0. The Hall–Kier alpha value is -2.02. The molecule has 5 saturated heterocycles. The maximum absolute atomic E-state index is 12.5. The van der Waals surface area contributed by atoms with Gasteiger partial charge in [0.2, 0.25) is 11.8 Å². The number of amides is 2. The molecule has 0 saturated carbocycles. The molecule has 28 nitrogen and oxygen atoms in total. The molecule has 2 amide bonds. The SMILES string of the molecule is CC(=O)N[C@H]1[C@H](O[C@H]2[C@H](O)[C@@H](O[C@H]3[C@H](O)[C@@H](CO)O[C@@H](O[C@H]4[C@H](O)[C@@H](O)C(O)O[C@@H]4CO)[C@@H]3NC(C)=O)C(O)O[C@@H]2CO)O[C@H](CO)[C@@H](O)[C@@H]1O[C@@H]1O[C@H](CO)[C@@H](O)[C@H](O)[C@H]1O. The molecular formula is C34H58N2O26. The Morgan fingerprint density at radius 2 is 0.774 bits per heavy atom. The van der Waals surface area contributed by atoms with Crippen LogP contribution in [0, 0.1) is 0 Å². The molecule has 0 spiro atoms. The van der Waals surface area contributed by atoms with Gasteiger partial charge < -0.3 is 130 Å². The van der Waals surface area contributed by atoms with Crippen molar-refractivity contribution < 1.29 is 129 Å². The lowest BCUT2D eigenvalue weighted by Crippen LogP contribution is -2.71. The van der Waals surface area contributed by atoms with Crippen molar-refractivity contribution in [3.05, 3.63) is 0 Å². The van der Waals surface area contributed by atoms with E-state index in [-0.39, 0.29) is 0 Å². The fraction of sp³-hybridized carbons (Fsp3) is 0.941. The summed E-state index contributed by atoms with van der Waals surface area (Å²) in [5, 5.41) is 163. The Balaban J connectivity index is 1.44. The fourth-order valence-corrected chi connectivity index (χ4v) is 7.90. The van der Waals surface area contributed by atoms with Crippen molar-refractivity contribution in [1.82, 2.24) is 10.6 Å². The van der Waals surface area contributed by atoms with E-state index in [1.165, 1.54) is 0 Å². The molecule has 0 aromatic carbocycles. The lowest BCUT2D eigenvalue weighted by Gasteiger charge is -2.51. The van der Waals surface area contributed by atoms with Crippen LogP contribution >= 0.6 is 0 Å². The van der Waals surface area contributed by atoms with Gasteiger partial charge in [0.05, 0.1) is 33.0 Å². The molecule has 0 aromatic heterocycles. The quantitative estimate of drug-likeness (QED) is 0.0725. The smallest absolute Gasteiger partial charge is 0.217 e. The van der Waals surface area contributed by atoms with Crippen molar-refractivity contribution in [3.63, 3.8) is 0 Å². The number of carbonyl (C=O) groups excluding carboxylic acids is 2. The summed E-state index contributed by atoms with van der Waals surface area (Å²) in [4.78, 5) is 25.0. The Morgan fingerprint density at radius 3 is 1.23 bits per heavy atom. The predicted molar refractivity (Wildman–Crippen MR) is 190 cm³/mol. The van der Waals surface area contributed by atoms with Crippen molar-refractivity contribution in [2.45, 2.75) is 167 Å². The Labute approximate surface area is 351 Å². The zero-order valence-corrected chi connectivity index (χ0v) is 33.2. The van der Waals surface area contributed by atoms with Crippen LogP contribution in [0.2, 0.25) is 0 Å². The maximum Gasteiger partial charge on any atom is 0.217 e. The highest BCUT2D eigenvalue weighted by Gasteiger charge is 2.57. The molecule has 5 heterocycles. The largest absolute Gasteiger partial charge is 0.394 e. The molecule has 0 radical (unpaired) electrons. The van der Waals surface area contributed by atoms with E-state index < -0.39 is 198 Å². The van der Waals surface area contributed by atoms with E-state index in [2.05, 4.69) is 10.6 Å². The zero-order chi connectivity index (χ0) is 45.9. The molecule has 5 rings (SSSR count). The monoisotopic (exact) mass is 910 g/mol. The first kappa shape index (κ1) is 51.0. The number of carbonyl (C=O) groups is 2. The molecule has 2 unspecified atom stereocenters. The molecule has 28 heteroatoms. The van der Waals surface area contributed by atoms with Gasteiger partial charge in [0.25, 0.3) is 0 Å². The average Bonchev–Trinajstić information content (AvgIpc) is 3.23. The van der Waals surface area contributed by atoms with Gasteiger partial charge in [-0.1, -0.05) is 0 Å². The van der Waals surface area contributed by atoms with Gasteiger partial charge in [0.1, 0.15) is 122 Å². The molecule has 17 N–H and O–H groups in total. The standard InChI is InChI=1S/C34H58N2O26/c1-8(42)35-15-27(18(45)11(4-38)56-32(15)60-25-13(6-40)54-30(52)22(49)21(25)48)59-29-24(51)26(14(7-41)55-31(29)53)61-33-16(36-9(2)43)28(19(46)12(5-39)57-33)62-34-23(50)20(47)17(44)10(3-37)58-34/h10-34,37-41,44-53H,3-7H2,1-2H3,(H,35,42)(H,36,43)/t10-,11-,12-,13-,14-,15-,16-,17-,18-,19-,20+,21-,22-,23-,24+,25-,26-,27-,28-,29-,30?,31?,32+,33+,34+/m1/s1. The van der Waals surface area contributed by atoms with Crippen LogP contribution in [-0.4, -0.2) is 275 Å². The van der Waals surface area contributed by atoms with Gasteiger partial charge in [-0.15, -0.1) is 0 Å². The third kappa shape index (κ3) is 10.8. The third-order valence-electron chi connectivity index (χ3n) is 11.1. The Morgan fingerprint density at radius 1 is 0.387 bits per heavy atom. The van der Waals surface area contributed by atoms with E-state index in [9.17, 15) is 86.2 Å². The van der Waals surface area contributed by atoms with Crippen LogP contribution in [0.25, 0.3) is 0 Å². The summed E-state index contributed by atoms with van der Waals surface area (Å²) in [5.41, 5.74) is 0. The van der Waals surface area contributed by atoms with E-state index in [4.69, 9.17) is 42.6 Å². The molecule has 25 atom stereocenters. The number of hydrogen-bond donors (Lipinski definition) is 17. The summed E-state index contributed by atoms with van der Waals surface area (Å²) in [6.07, 6.45) is -42.6. The van der Waals surface area contributed by atoms with Gasteiger partial charge in [-0.05, 0) is 0 Å². The third-order valence-corrected chi connectivity index (χ3v) is 11.1. The molecule has 0 aliphatic carbocycles. The fourth-order valence-electron chi connectivity index (χ4n) is 7.90. The zero-order valence-electron chi connectivity index (χ0n) is 33.2. The molecule has 0 aromatic rings. The van der Waals surface area contributed by atoms with E-state index >= 15 is 0 Å². The van der Waals surface area contributed by atoms with Crippen molar-refractivity contribution in [2.24, 2.45) is 0 Å². The summed E-state index contributed by atoms with van der Waals surface area (Å²) in [6, 6.07) is -3.37. The molecular weight excluding hydrogens is 852 g/mol. The number of nitrogens with one attached hydrogen (secondary N) is 2. The topological polar surface area (TPSA) is 445 Å². The van der Waals surface area contributed by atoms with Crippen LogP contribution in [0.4, 0.5) is 0 Å². The first-order valence-electron chi connectivity index (χ1n) is 19.6. The number of hydrogen-bond acceptors (Lipinski definition) is 26. The second-order valence-corrected chi connectivity index (χ2v) is 15.4. The van der Waals surface area contributed by atoms with Gasteiger partial charge in [-0.3, -0.25) is 9.59 Å². The lowest BCUT2D eigenvalue weighted by molar-refractivity contribution is -0.374. The first-order chi connectivity index (χ1) is 29.3. The maximum atomic E-state index is 12.5. The van der Waals surface area contributed by atoms with Gasteiger partial charge in [-0.2, -0.15) is 0 Å². The normalized spacial score (nSPS) is 49.0. The second kappa shape index (κ2) is 22.0. The van der Waals surface area contributed by atoms with Gasteiger partial charge in [0.15, 0.2) is 31.5 Å². The molecule has 5 aliphatic heterocycles. The van der Waals surface area contributed by atoms with Crippen molar-refractivity contribution in [1.29, 1.82) is 0 Å². The van der Waals surface area contributed by atoms with Gasteiger partial charge >= 0.3 is 0 Å². The van der Waals surface area contributed by atoms with Gasteiger partial charge in [0, 0.05) is 13.8 Å². The molecule has 5 fully saturated rings. The Bertz CT molecular complexity index is 1440. The lowest BCUT2D eigenvalue weighted by atomic mass is 9.93. The van der Waals surface area contributed by atoms with Crippen LogP contribution in [0.5, 0.6) is 0 Å². The number of aliphatic hydroxyl groups is 15. The minimum Gasteiger partial charge on any atom is -0.394 e. The van der Waals surface area contributed by atoms with E-state index in [0.29, 0.717) is 0 Å². The average molecular weight is 911 g/mol.